The number of carbonyl (C=O) groups excluding carboxylic acids is 1. The molecule has 1 aromatic carbocycles. The van der Waals surface area contributed by atoms with Crippen LogP contribution in [-0.4, -0.2) is 36.7 Å². The van der Waals surface area contributed by atoms with Gasteiger partial charge in [-0.15, -0.1) is 0 Å². The molecule has 150 valence electrons. The lowest BCUT2D eigenvalue weighted by Gasteiger charge is -2.34. The second kappa shape index (κ2) is 7.41. The topological polar surface area (TPSA) is 85.2 Å². The van der Waals surface area contributed by atoms with Gasteiger partial charge in [-0.3, -0.25) is 4.68 Å². The smallest absolute Gasteiger partial charge is 0.322 e. The molecular formula is C18H15F3N6O2. The van der Waals surface area contributed by atoms with Gasteiger partial charge in [0, 0.05) is 30.2 Å². The van der Waals surface area contributed by atoms with Crippen molar-refractivity contribution in [3.63, 3.8) is 0 Å². The number of hydrogen-bond acceptors (Lipinski definition) is 5. The van der Waals surface area contributed by atoms with Crippen LogP contribution in [0.2, 0.25) is 0 Å². The van der Waals surface area contributed by atoms with E-state index in [1.807, 2.05) is 0 Å². The predicted octanol–water partition coefficient (Wildman–Crippen LogP) is 3.32. The normalized spacial score (nSPS) is 15.7. The first kappa shape index (κ1) is 18.7. The molecule has 0 spiro atoms. The van der Waals surface area contributed by atoms with E-state index in [0.717, 1.165) is 12.1 Å². The van der Waals surface area contributed by atoms with Gasteiger partial charge in [0.2, 0.25) is 0 Å². The molecule has 1 N–H and O–H groups in total. The third kappa shape index (κ3) is 3.71. The van der Waals surface area contributed by atoms with Gasteiger partial charge >= 0.3 is 12.0 Å². The Hall–Kier alpha value is -3.63. The minimum atomic E-state index is -1.59. The Morgan fingerprint density at radius 2 is 1.90 bits per heavy atom. The van der Waals surface area contributed by atoms with Crippen LogP contribution >= 0.6 is 0 Å². The van der Waals surface area contributed by atoms with Crippen molar-refractivity contribution in [2.45, 2.75) is 26.1 Å². The number of nitrogens with zero attached hydrogens (tertiary/aromatic N) is 5. The molecule has 3 aromatic rings. The number of benzene rings is 1. The van der Waals surface area contributed by atoms with Crippen LogP contribution in [0.4, 0.5) is 23.7 Å². The molecule has 0 fully saturated rings. The molecule has 0 saturated carbocycles. The Balaban J connectivity index is 1.53. The number of nitrogens with one attached hydrogen (secondary N) is 1. The summed E-state index contributed by atoms with van der Waals surface area (Å²) in [5.74, 6) is -3.98. The molecular weight excluding hydrogens is 389 g/mol. The molecule has 29 heavy (non-hydrogen) atoms. The zero-order valence-electron chi connectivity index (χ0n) is 15.1. The van der Waals surface area contributed by atoms with Crippen LogP contribution in [0.25, 0.3) is 0 Å². The van der Waals surface area contributed by atoms with Crippen LogP contribution in [0.15, 0.2) is 36.8 Å². The minimum Gasteiger partial charge on any atom is -0.421 e. The SMILES string of the molecule is C[C@H]1Cn2ncc(Oc3ncccn3)c2CN1C(=O)Nc1cc(F)c(F)c(F)c1. The third-order valence-electron chi connectivity index (χ3n) is 4.44. The van der Waals surface area contributed by atoms with Gasteiger partial charge in [-0.2, -0.15) is 5.10 Å². The third-order valence-corrected chi connectivity index (χ3v) is 4.44. The number of aromatic nitrogens is 4. The van der Waals surface area contributed by atoms with E-state index < -0.39 is 23.5 Å². The largest absolute Gasteiger partial charge is 0.421 e. The summed E-state index contributed by atoms with van der Waals surface area (Å²) in [6.45, 7) is 2.31. The van der Waals surface area contributed by atoms with E-state index in [0.29, 0.717) is 18.0 Å². The summed E-state index contributed by atoms with van der Waals surface area (Å²) in [4.78, 5) is 22.1. The molecule has 0 unspecified atom stereocenters. The number of ether oxygens (including phenoxy) is 1. The fourth-order valence-electron chi connectivity index (χ4n) is 2.99. The summed E-state index contributed by atoms with van der Waals surface area (Å²) in [5, 5.41) is 6.64. The van der Waals surface area contributed by atoms with E-state index in [2.05, 4.69) is 20.4 Å². The number of carbonyl (C=O) groups is 1. The molecule has 0 bridgehead atoms. The van der Waals surface area contributed by atoms with Gasteiger partial charge in [-0.05, 0) is 13.0 Å². The maximum atomic E-state index is 13.4. The van der Waals surface area contributed by atoms with E-state index in [-0.39, 0.29) is 24.3 Å². The Morgan fingerprint density at radius 1 is 1.21 bits per heavy atom. The summed E-state index contributed by atoms with van der Waals surface area (Å²) >= 11 is 0. The van der Waals surface area contributed by atoms with Crippen molar-refractivity contribution in [2.24, 2.45) is 0 Å². The first-order valence-corrected chi connectivity index (χ1v) is 8.64. The second-order valence-electron chi connectivity index (χ2n) is 6.43. The van der Waals surface area contributed by atoms with E-state index in [4.69, 9.17) is 4.74 Å². The van der Waals surface area contributed by atoms with Crippen molar-refractivity contribution in [3.8, 4) is 11.8 Å². The highest BCUT2D eigenvalue weighted by atomic mass is 19.2. The molecule has 2 amide bonds. The number of halogens is 3. The maximum Gasteiger partial charge on any atom is 0.322 e. The zero-order valence-corrected chi connectivity index (χ0v) is 15.1. The highest BCUT2D eigenvalue weighted by Crippen LogP contribution is 2.29. The molecule has 1 atom stereocenters. The first-order chi connectivity index (χ1) is 13.9. The van der Waals surface area contributed by atoms with Gasteiger partial charge < -0.3 is 15.0 Å². The van der Waals surface area contributed by atoms with Crippen molar-refractivity contribution >= 4 is 11.7 Å². The fourth-order valence-corrected chi connectivity index (χ4v) is 2.99. The Morgan fingerprint density at radius 3 is 2.59 bits per heavy atom. The van der Waals surface area contributed by atoms with Gasteiger partial charge in [0.25, 0.3) is 0 Å². The monoisotopic (exact) mass is 404 g/mol. The van der Waals surface area contributed by atoms with Gasteiger partial charge in [-0.25, -0.2) is 27.9 Å². The summed E-state index contributed by atoms with van der Waals surface area (Å²) in [5.41, 5.74) is 0.425. The molecule has 8 nitrogen and oxygen atoms in total. The zero-order chi connectivity index (χ0) is 20.5. The van der Waals surface area contributed by atoms with E-state index in [1.165, 1.54) is 23.5 Å². The number of amides is 2. The second-order valence-corrected chi connectivity index (χ2v) is 6.43. The summed E-state index contributed by atoms with van der Waals surface area (Å²) < 4.78 is 47.3. The highest BCUT2D eigenvalue weighted by molar-refractivity contribution is 5.89. The summed E-state index contributed by atoms with van der Waals surface area (Å²) in [7, 11) is 0. The standard InChI is InChI=1S/C18H15F3N6O2/c1-10-8-27-14(15(7-24-27)29-17-22-3-2-4-23-17)9-26(10)18(28)25-11-5-12(19)16(21)13(20)6-11/h2-7,10H,8-9H2,1H3,(H,25,28)/t10-/m0/s1. The average molecular weight is 404 g/mol. The quantitative estimate of drug-likeness (QED) is 0.677. The average Bonchev–Trinajstić information content (AvgIpc) is 3.07. The van der Waals surface area contributed by atoms with Crippen LogP contribution in [0.1, 0.15) is 12.6 Å². The molecule has 4 rings (SSSR count). The van der Waals surface area contributed by atoms with Crippen LogP contribution in [0.5, 0.6) is 11.8 Å². The number of hydrogen-bond donors (Lipinski definition) is 1. The summed E-state index contributed by atoms with van der Waals surface area (Å²) in [6, 6.07) is 2.35. The molecule has 0 saturated heterocycles. The lowest BCUT2D eigenvalue weighted by atomic mass is 10.2. The van der Waals surface area contributed by atoms with Crippen LogP contribution in [0, 0.1) is 17.5 Å². The molecule has 2 aromatic heterocycles. The number of fused-ring (bicyclic) bond motifs is 1. The maximum absolute atomic E-state index is 13.4. The molecule has 0 radical (unpaired) electrons. The molecule has 11 heteroatoms. The molecule has 3 heterocycles. The van der Waals surface area contributed by atoms with Gasteiger partial charge in [0.1, 0.15) is 5.69 Å². The first-order valence-electron chi connectivity index (χ1n) is 8.64. The van der Waals surface area contributed by atoms with Crippen molar-refractivity contribution in [2.75, 3.05) is 5.32 Å². The van der Waals surface area contributed by atoms with Crippen molar-refractivity contribution < 1.29 is 22.7 Å². The minimum absolute atomic E-state index is 0.126. The highest BCUT2D eigenvalue weighted by Gasteiger charge is 2.30. The van der Waals surface area contributed by atoms with Crippen molar-refractivity contribution in [1.82, 2.24) is 24.6 Å². The van der Waals surface area contributed by atoms with Crippen molar-refractivity contribution in [1.29, 1.82) is 0 Å². The van der Waals surface area contributed by atoms with Gasteiger partial charge in [0.05, 0.1) is 25.3 Å². The summed E-state index contributed by atoms with van der Waals surface area (Å²) in [6.07, 6.45) is 4.56. The van der Waals surface area contributed by atoms with E-state index in [9.17, 15) is 18.0 Å². The Bertz CT molecular complexity index is 1040. The molecule has 1 aliphatic rings. The Kier molecular flexibility index (Phi) is 4.79. The molecule has 1 aliphatic heterocycles. The number of rotatable bonds is 3. The van der Waals surface area contributed by atoms with E-state index >= 15 is 0 Å². The molecule has 0 aliphatic carbocycles. The van der Waals surface area contributed by atoms with Crippen LogP contribution in [-0.2, 0) is 13.1 Å². The number of anilines is 1. The lowest BCUT2D eigenvalue weighted by Crippen LogP contribution is -2.46. The fraction of sp³-hybridized carbons (Fsp3) is 0.222. The number of urea groups is 1. The van der Waals surface area contributed by atoms with E-state index in [1.54, 1.807) is 17.7 Å². The Labute approximate surface area is 162 Å². The van der Waals surface area contributed by atoms with Gasteiger partial charge in [-0.1, -0.05) is 0 Å². The predicted molar refractivity (Wildman–Crippen MR) is 94.7 cm³/mol. The van der Waals surface area contributed by atoms with Crippen LogP contribution < -0.4 is 10.1 Å². The lowest BCUT2D eigenvalue weighted by molar-refractivity contribution is 0.160. The van der Waals surface area contributed by atoms with Crippen molar-refractivity contribution in [3.05, 3.63) is 59.9 Å². The van der Waals surface area contributed by atoms with Gasteiger partial charge in [0.15, 0.2) is 23.2 Å². The van der Waals surface area contributed by atoms with Crippen LogP contribution in [0.3, 0.4) is 0 Å².